The molecule has 3 heterocycles. The van der Waals surface area contributed by atoms with Gasteiger partial charge in [-0.05, 0) is 96.2 Å². The number of rotatable bonds is 3. The van der Waals surface area contributed by atoms with Crippen molar-refractivity contribution in [2.75, 3.05) is 23.8 Å². The van der Waals surface area contributed by atoms with E-state index in [-0.39, 0.29) is 29.2 Å². The van der Waals surface area contributed by atoms with Crippen LogP contribution < -0.4 is 10.6 Å². The molecule has 0 radical (unpaired) electrons. The van der Waals surface area contributed by atoms with Gasteiger partial charge in [0, 0.05) is 30.4 Å². The predicted octanol–water partition coefficient (Wildman–Crippen LogP) is 6.02. The van der Waals surface area contributed by atoms with Crippen LogP contribution in [0.4, 0.5) is 21.9 Å². The van der Waals surface area contributed by atoms with Gasteiger partial charge in [0.2, 0.25) is 0 Å². The van der Waals surface area contributed by atoms with E-state index in [9.17, 15) is 4.79 Å². The van der Waals surface area contributed by atoms with Gasteiger partial charge in [-0.3, -0.25) is 4.90 Å². The molecule has 2 aromatic carbocycles. The molecule has 3 aliphatic rings. The van der Waals surface area contributed by atoms with Crippen LogP contribution in [0.3, 0.4) is 0 Å². The first kappa shape index (κ1) is 24.8. The molecule has 0 atom stereocenters. The summed E-state index contributed by atoms with van der Waals surface area (Å²) in [6, 6.07) is 13.6. The Morgan fingerprint density at radius 1 is 0.972 bits per heavy atom. The molecule has 0 aromatic heterocycles. The van der Waals surface area contributed by atoms with Crippen molar-refractivity contribution in [1.82, 2.24) is 5.01 Å². The lowest BCUT2D eigenvalue weighted by molar-refractivity contribution is -0.172. The summed E-state index contributed by atoms with van der Waals surface area (Å²) in [4.78, 5) is 16.3. The highest BCUT2D eigenvalue weighted by Gasteiger charge is 2.45. The lowest BCUT2D eigenvalue weighted by Gasteiger charge is -2.47. The fourth-order valence-electron chi connectivity index (χ4n) is 6.06. The third-order valence-corrected chi connectivity index (χ3v) is 7.38. The number of hydrogen-bond acceptors (Lipinski definition) is 5. The molecule has 2 amide bonds. The molecule has 7 heteroatoms. The van der Waals surface area contributed by atoms with Gasteiger partial charge in [0.25, 0.3) is 0 Å². The molecule has 192 valence electrons. The minimum Gasteiger partial charge on any atom is -0.399 e. The number of ether oxygens (including phenoxy) is 2. The Morgan fingerprint density at radius 3 is 2.25 bits per heavy atom. The van der Waals surface area contributed by atoms with E-state index in [2.05, 4.69) is 52.8 Å². The number of nitrogens with zero attached hydrogens (tertiary/aromatic N) is 3. The Labute approximate surface area is 214 Å². The van der Waals surface area contributed by atoms with Gasteiger partial charge in [-0.15, -0.1) is 0 Å². The predicted molar refractivity (Wildman–Crippen MR) is 144 cm³/mol. The third kappa shape index (κ3) is 4.87. The zero-order chi connectivity index (χ0) is 25.7. The van der Waals surface area contributed by atoms with E-state index in [0.717, 1.165) is 41.1 Å². The zero-order valence-corrected chi connectivity index (χ0v) is 22.1. The Kier molecular flexibility index (Phi) is 6.33. The number of hydrazone groups is 1. The number of benzene rings is 2. The summed E-state index contributed by atoms with van der Waals surface area (Å²) in [6.07, 6.45) is 3.19. The summed E-state index contributed by atoms with van der Waals surface area (Å²) in [5, 5.41) is 6.97. The topological polar surface area (TPSA) is 80.4 Å². The lowest BCUT2D eigenvalue weighted by atomic mass is 9.85. The molecule has 7 nitrogen and oxygen atoms in total. The average molecular weight is 491 g/mol. The number of carbonyl (C=O) groups is 1. The standard InChI is InChI=1S/C29H38N4O3/c1-19-6-11-24-25(16-19)32(22-9-7-21(30)8-10-22)27(34)33(31-26(24)20-12-14-35-15-13-20)23-17-28(2,3)36-29(4,5)18-23/h6-11,16,20,23H,12-15,17-18,30H2,1-5H3. The zero-order valence-electron chi connectivity index (χ0n) is 22.1. The fraction of sp³-hybridized carbons (Fsp3) is 0.517. The molecular formula is C29H38N4O3. The van der Waals surface area contributed by atoms with E-state index in [0.29, 0.717) is 31.7 Å². The van der Waals surface area contributed by atoms with Gasteiger partial charge < -0.3 is 15.2 Å². The van der Waals surface area contributed by atoms with Gasteiger partial charge in [-0.2, -0.15) is 5.10 Å². The first-order valence-electron chi connectivity index (χ1n) is 13.0. The average Bonchev–Trinajstić information content (AvgIpc) is 2.92. The van der Waals surface area contributed by atoms with Crippen LogP contribution in [0.5, 0.6) is 0 Å². The van der Waals surface area contributed by atoms with Gasteiger partial charge in [0.1, 0.15) is 0 Å². The number of nitrogens with two attached hydrogens (primary N) is 1. The van der Waals surface area contributed by atoms with E-state index in [4.69, 9.17) is 20.3 Å². The van der Waals surface area contributed by atoms with Crippen LogP contribution in [0.2, 0.25) is 0 Å². The van der Waals surface area contributed by atoms with Gasteiger partial charge >= 0.3 is 6.03 Å². The molecule has 0 spiro atoms. The largest absolute Gasteiger partial charge is 0.399 e. The Bertz CT molecular complexity index is 1150. The number of aryl methyl sites for hydroxylation is 1. The third-order valence-electron chi connectivity index (χ3n) is 7.38. The van der Waals surface area contributed by atoms with E-state index >= 15 is 0 Å². The first-order chi connectivity index (χ1) is 17.0. The first-order valence-corrected chi connectivity index (χ1v) is 13.0. The summed E-state index contributed by atoms with van der Waals surface area (Å²) < 4.78 is 12.0. The molecule has 5 rings (SSSR count). The van der Waals surface area contributed by atoms with E-state index in [1.54, 1.807) is 5.01 Å². The highest BCUT2D eigenvalue weighted by atomic mass is 16.5. The van der Waals surface area contributed by atoms with Gasteiger partial charge in [-0.25, -0.2) is 9.80 Å². The molecule has 2 N–H and O–H groups in total. The van der Waals surface area contributed by atoms with Crippen molar-refractivity contribution in [2.24, 2.45) is 11.0 Å². The minimum atomic E-state index is -0.372. The van der Waals surface area contributed by atoms with Crippen LogP contribution >= 0.6 is 0 Å². The van der Waals surface area contributed by atoms with Gasteiger partial charge in [0.05, 0.1) is 34.3 Å². The number of anilines is 3. The number of urea groups is 1. The van der Waals surface area contributed by atoms with Crippen molar-refractivity contribution in [3.63, 3.8) is 0 Å². The molecule has 2 saturated heterocycles. The normalized spacial score (nSPS) is 22.7. The van der Waals surface area contributed by atoms with E-state index in [1.807, 2.05) is 29.2 Å². The molecule has 0 saturated carbocycles. The molecule has 3 aliphatic heterocycles. The maximum atomic E-state index is 14.5. The molecule has 36 heavy (non-hydrogen) atoms. The summed E-state index contributed by atoms with van der Waals surface area (Å²) >= 11 is 0. The molecule has 0 bridgehead atoms. The second-order valence-corrected chi connectivity index (χ2v) is 11.6. The van der Waals surface area contributed by atoms with Crippen molar-refractivity contribution >= 4 is 28.8 Å². The maximum Gasteiger partial charge on any atom is 0.349 e. The van der Waals surface area contributed by atoms with Gasteiger partial charge in [-0.1, -0.05) is 12.1 Å². The maximum absolute atomic E-state index is 14.5. The summed E-state index contributed by atoms with van der Waals surface area (Å²) in [6.45, 7) is 11.9. The number of hydrogen-bond donors (Lipinski definition) is 1. The van der Waals surface area contributed by atoms with Crippen molar-refractivity contribution in [3.8, 4) is 0 Å². The van der Waals surface area contributed by atoms with Crippen molar-refractivity contribution in [1.29, 1.82) is 0 Å². The van der Waals surface area contributed by atoms with Crippen molar-refractivity contribution in [3.05, 3.63) is 53.6 Å². The lowest BCUT2D eigenvalue weighted by Crippen LogP contribution is -2.54. The fourth-order valence-corrected chi connectivity index (χ4v) is 6.06. The number of fused-ring (bicyclic) bond motifs is 1. The Morgan fingerprint density at radius 2 is 1.61 bits per heavy atom. The van der Waals surface area contributed by atoms with Crippen LogP contribution in [0.15, 0.2) is 47.6 Å². The van der Waals surface area contributed by atoms with E-state index < -0.39 is 0 Å². The Balaban J connectivity index is 1.69. The molecule has 0 unspecified atom stereocenters. The Hall–Kier alpha value is -2.90. The molecular weight excluding hydrogens is 452 g/mol. The molecule has 0 aliphatic carbocycles. The highest BCUT2D eigenvalue weighted by molar-refractivity contribution is 6.14. The summed E-state index contributed by atoms with van der Waals surface area (Å²) in [7, 11) is 0. The van der Waals surface area contributed by atoms with E-state index in [1.165, 1.54) is 0 Å². The van der Waals surface area contributed by atoms with Crippen LogP contribution in [0.1, 0.15) is 64.5 Å². The summed E-state index contributed by atoms with van der Waals surface area (Å²) in [5.41, 5.74) is 10.6. The van der Waals surface area contributed by atoms with Crippen LogP contribution in [-0.2, 0) is 9.47 Å². The van der Waals surface area contributed by atoms with Crippen molar-refractivity contribution < 1.29 is 14.3 Å². The number of amides is 2. The van der Waals surface area contributed by atoms with Crippen LogP contribution in [-0.4, -0.2) is 47.2 Å². The second-order valence-electron chi connectivity index (χ2n) is 11.6. The second kappa shape index (κ2) is 9.20. The molecule has 2 aromatic rings. The monoisotopic (exact) mass is 490 g/mol. The van der Waals surface area contributed by atoms with Crippen LogP contribution in [0.25, 0.3) is 0 Å². The smallest absolute Gasteiger partial charge is 0.349 e. The quantitative estimate of drug-likeness (QED) is 0.534. The number of nitrogen functional groups attached to an aromatic ring is 1. The summed E-state index contributed by atoms with van der Waals surface area (Å²) in [5.74, 6) is 0.225. The molecule has 2 fully saturated rings. The highest BCUT2D eigenvalue weighted by Crippen LogP contribution is 2.42. The van der Waals surface area contributed by atoms with Crippen LogP contribution in [0, 0.1) is 12.8 Å². The SMILES string of the molecule is Cc1ccc2c(c1)N(c1ccc(N)cc1)C(=O)N(C1CC(C)(C)OC(C)(C)C1)N=C2C1CCOCC1. The number of carbonyl (C=O) groups excluding carboxylic acids is 1. The minimum absolute atomic E-state index is 0.0993. The van der Waals surface area contributed by atoms with Crippen molar-refractivity contribution in [2.45, 2.75) is 77.5 Å². The van der Waals surface area contributed by atoms with Gasteiger partial charge in [0.15, 0.2) is 0 Å².